The normalized spacial score (nSPS) is 17.0. The van der Waals surface area contributed by atoms with Gasteiger partial charge in [0.15, 0.2) is 11.5 Å². The second kappa shape index (κ2) is 5.56. The fraction of sp³-hybridized carbons (Fsp3) is 0.571. The zero-order valence-corrected chi connectivity index (χ0v) is 12.1. The summed E-state index contributed by atoms with van der Waals surface area (Å²) in [6, 6.07) is 2.04. The van der Waals surface area contributed by atoms with Gasteiger partial charge < -0.3 is 0 Å². The molecule has 0 spiro atoms. The SMILES string of the molecule is Cc1cc(C)c2c(N=NN3CCCCCC3)[nH]nc2n1. The average Bonchev–Trinajstić information content (AvgIpc) is 2.65. The monoisotopic (exact) mass is 272 g/mol. The molecular weight excluding hydrogens is 252 g/mol. The van der Waals surface area contributed by atoms with E-state index in [9.17, 15) is 0 Å². The van der Waals surface area contributed by atoms with E-state index in [0.717, 1.165) is 29.7 Å². The summed E-state index contributed by atoms with van der Waals surface area (Å²) < 4.78 is 0. The predicted molar refractivity (Wildman–Crippen MR) is 77.9 cm³/mol. The molecule has 1 saturated heterocycles. The van der Waals surface area contributed by atoms with Gasteiger partial charge in [-0.2, -0.15) is 5.10 Å². The number of H-pyrrole nitrogens is 1. The van der Waals surface area contributed by atoms with Gasteiger partial charge in [0.05, 0.1) is 5.39 Å². The molecule has 6 heteroatoms. The molecule has 1 aliphatic heterocycles. The molecule has 20 heavy (non-hydrogen) atoms. The van der Waals surface area contributed by atoms with Crippen molar-refractivity contribution >= 4 is 16.9 Å². The van der Waals surface area contributed by atoms with Gasteiger partial charge in [-0.25, -0.2) is 4.98 Å². The summed E-state index contributed by atoms with van der Waals surface area (Å²) >= 11 is 0. The summed E-state index contributed by atoms with van der Waals surface area (Å²) in [5.74, 6) is 0.703. The Morgan fingerprint density at radius 2 is 1.90 bits per heavy atom. The molecule has 1 aliphatic rings. The third-order valence-corrected chi connectivity index (χ3v) is 3.68. The Bertz CT molecular complexity index is 622. The van der Waals surface area contributed by atoms with E-state index in [0.29, 0.717) is 11.5 Å². The van der Waals surface area contributed by atoms with Crippen LogP contribution in [0, 0.1) is 13.8 Å². The Kier molecular flexibility index (Phi) is 3.62. The number of rotatable bonds is 2. The van der Waals surface area contributed by atoms with E-state index in [1.807, 2.05) is 13.0 Å². The second-order valence-electron chi connectivity index (χ2n) is 5.41. The number of pyridine rings is 1. The van der Waals surface area contributed by atoms with Gasteiger partial charge in [-0.15, -0.1) is 5.11 Å². The van der Waals surface area contributed by atoms with E-state index in [4.69, 9.17) is 0 Å². The van der Waals surface area contributed by atoms with E-state index in [-0.39, 0.29) is 0 Å². The van der Waals surface area contributed by atoms with E-state index >= 15 is 0 Å². The Labute approximate surface area is 118 Å². The fourth-order valence-electron chi connectivity index (χ4n) is 2.68. The third-order valence-electron chi connectivity index (χ3n) is 3.68. The number of aryl methyl sites for hydroxylation is 2. The Balaban J connectivity index is 1.87. The van der Waals surface area contributed by atoms with E-state index in [1.54, 1.807) is 0 Å². The van der Waals surface area contributed by atoms with Crippen LogP contribution in [0.5, 0.6) is 0 Å². The van der Waals surface area contributed by atoms with Crippen molar-refractivity contribution in [1.82, 2.24) is 20.2 Å². The number of fused-ring (bicyclic) bond motifs is 1. The molecule has 0 aromatic carbocycles. The Morgan fingerprint density at radius 3 is 2.65 bits per heavy atom. The van der Waals surface area contributed by atoms with E-state index in [2.05, 4.69) is 37.5 Å². The van der Waals surface area contributed by atoms with Crippen LogP contribution in [0.3, 0.4) is 0 Å². The lowest BCUT2D eigenvalue weighted by Crippen LogP contribution is -2.17. The predicted octanol–water partition coefficient (Wildman–Crippen LogP) is 3.45. The van der Waals surface area contributed by atoms with Gasteiger partial charge in [0, 0.05) is 18.8 Å². The van der Waals surface area contributed by atoms with Gasteiger partial charge >= 0.3 is 0 Å². The summed E-state index contributed by atoms with van der Waals surface area (Å²) in [5.41, 5.74) is 2.82. The lowest BCUT2D eigenvalue weighted by atomic mass is 10.2. The molecule has 0 saturated carbocycles. The highest BCUT2D eigenvalue weighted by atomic mass is 15.5. The van der Waals surface area contributed by atoms with Crippen molar-refractivity contribution in [3.8, 4) is 0 Å². The molecular formula is C14H20N6. The average molecular weight is 272 g/mol. The minimum atomic E-state index is 0.703. The van der Waals surface area contributed by atoms with Crippen LogP contribution in [0.25, 0.3) is 11.0 Å². The van der Waals surface area contributed by atoms with Crippen LogP contribution in [0.15, 0.2) is 16.4 Å². The van der Waals surface area contributed by atoms with Crippen LogP contribution in [0.4, 0.5) is 5.82 Å². The van der Waals surface area contributed by atoms with Crippen molar-refractivity contribution in [3.63, 3.8) is 0 Å². The lowest BCUT2D eigenvalue weighted by molar-refractivity contribution is 0.281. The highest BCUT2D eigenvalue weighted by Gasteiger charge is 2.11. The molecule has 2 aromatic heterocycles. The molecule has 1 N–H and O–H groups in total. The first-order chi connectivity index (χ1) is 9.74. The quantitative estimate of drug-likeness (QED) is 0.851. The molecule has 3 rings (SSSR count). The molecule has 6 nitrogen and oxygen atoms in total. The van der Waals surface area contributed by atoms with Gasteiger partial charge in [0.1, 0.15) is 0 Å². The topological polar surface area (TPSA) is 69.5 Å². The number of nitrogens with one attached hydrogen (secondary N) is 1. The molecule has 0 unspecified atom stereocenters. The summed E-state index contributed by atoms with van der Waals surface area (Å²) in [4.78, 5) is 4.41. The van der Waals surface area contributed by atoms with Gasteiger partial charge in [0.25, 0.3) is 0 Å². The van der Waals surface area contributed by atoms with E-state index in [1.165, 1.54) is 25.7 Å². The van der Waals surface area contributed by atoms with Crippen molar-refractivity contribution in [2.75, 3.05) is 13.1 Å². The Hall–Kier alpha value is -1.98. The summed E-state index contributed by atoms with van der Waals surface area (Å²) in [6.07, 6.45) is 4.98. The molecule has 106 valence electrons. The second-order valence-corrected chi connectivity index (χ2v) is 5.41. The van der Waals surface area contributed by atoms with Gasteiger partial charge in [-0.05, 0) is 38.3 Å². The summed E-state index contributed by atoms with van der Waals surface area (Å²) in [6.45, 7) is 6.01. The summed E-state index contributed by atoms with van der Waals surface area (Å²) in [5, 5.41) is 18.9. The molecule has 0 radical (unpaired) electrons. The molecule has 0 aliphatic carbocycles. The number of nitrogens with zero attached hydrogens (tertiary/aromatic N) is 5. The fourth-order valence-corrected chi connectivity index (χ4v) is 2.68. The van der Waals surface area contributed by atoms with Crippen molar-refractivity contribution in [3.05, 3.63) is 17.3 Å². The van der Waals surface area contributed by atoms with Gasteiger partial charge in [-0.3, -0.25) is 10.1 Å². The van der Waals surface area contributed by atoms with Crippen LogP contribution >= 0.6 is 0 Å². The van der Waals surface area contributed by atoms with E-state index < -0.39 is 0 Å². The molecule has 1 fully saturated rings. The minimum absolute atomic E-state index is 0.703. The maximum atomic E-state index is 4.41. The lowest BCUT2D eigenvalue weighted by Gasteiger charge is -2.13. The number of aromatic nitrogens is 3. The zero-order chi connectivity index (χ0) is 13.9. The summed E-state index contributed by atoms with van der Waals surface area (Å²) in [7, 11) is 0. The zero-order valence-electron chi connectivity index (χ0n) is 12.1. The highest BCUT2D eigenvalue weighted by Crippen LogP contribution is 2.26. The molecule has 2 aromatic rings. The standard InChI is InChI=1S/C14H20N6/c1-10-9-11(2)15-13-12(10)14(17-16-13)18-19-20-7-5-3-4-6-8-20/h9H,3-8H2,1-2H3,(H,15,16,17). The molecule has 3 heterocycles. The van der Waals surface area contributed by atoms with Crippen LogP contribution in [0.1, 0.15) is 36.9 Å². The van der Waals surface area contributed by atoms with Crippen molar-refractivity contribution in [1.29, 1.82) is 0 Å². The smallest absolute Gasteiger partial charge is 0.183 e. The number of hydrogen-bond donors (Lipinski definition) is 1. The van der Waals surface area contributed by atoms with Crippen molar-refractivity contribution in [2.24, 2.45) is 10.3 Å². The largest absolute Gasteiger partial charge is 0.278 e. The molecule has 0 bridgehead atoms. The number of aromatic amines is 1. The van der Waals surface area contributed by atoms with Crippen LogP contribution in [-0.2, 0) is 0 Å². The van der Waals surface area contributed by atoms with Gasteiger partial charge in [0.2, 0.25) is 0 Å². The molecule has 0 amide bonds. The van der Waals surface area contributed by atoms with Crippen LogP contribution in [0.2, 0.25) is 0 Å². The minimum Gasteiger partial charge on any atom is -0.278 e. The third kappa shape index (κ3) is 2.64. The van der Waals surface area contributed by atoms with Gasteiger partial charge in [-0.1, -0.05) is 18.1 Å². The first-order valence-corrected chi connectivity index (χ1v) is 7.23. The number of hydrogen-bond acceptors (Lipinski definition) is 4. The van der Waals surface area contributed by atoms with Crippen molar-refractivity contribution in [2.45, 2.75) is 39.5 Å². The highest BCUT2D eigenvalue weighted by molar-refractivity contribution is 5.88. The first-order valence-electron chi connectivity index (χ1n) is 7.23. The first kappa shape index (κ1) is 13.0. The Morgan fingerprint density at radius 1 is 1.15 bits per heavy atom. The van der Waals surface area contributed by atoms with Crippen LogP contribution < -0.4 is 0 Å². The molecule has 0 atom stereocenters. The maximum Gasteiger partial charge on any atom is 0.183 e. The maximum absolute atomic E-state index is 4.41. The van der Waals surface area contributed by atoms with Crippen molar-refractivity contribution < 1.29 is 0 Å². The van der Waals surface area contributed by atoms with Crippen LogP contribution in [-0.4, -0.2) is 33.3 Å².